The molecular weight excluding hydrogens is 240 g/mol. The van der Waals surface area contributed by atoms with E-state index < -0.39 is 9.84 Å². The highest BCUT2D eigenvalue weighted by Crippen LogP contribution is 2.09. The second-order valence-electron chi connectivity index (χ2n) is 4.57. The first kappa shape index (κ1) is 14.4. The molecule has 1 amide bonds. The maximum atomic E-state index is 11.7. The van der Waals surface area contributed by atoms with Crippen molar-refractivity contribution in [2.45, 2.75) is 25.7 Å². The molecule has 0 aliphatic carbocycles. The van der Waals surface area contributed by atoms with E-state index in [0.29, 0.717) is 19.5 Å². The van der Waals surface area contributed by atoms with Crippen molar-refractivity contribution in [2.75, 3.05) is 38.2 Å². The topological polar surface area (TPSA) is 66.5 Å². The van der Waals surface area contributed by atoms with Gasteiger partial charge < -0.3 is 10.2 Å². The van der Waals surface area contributed by atoms with Gasteiger partial charge >= 0.3 is 0 Å². The van der Waals surface area contributed by atoms with Gasteiger partial charge in [0.15, 0.2) is 0 Å². The molecule has 100 valence electrons. The number of nitrogens with zero attached hydrogens (tertiary/aromatic N) is 1. The molecule has 5 nitrogen and oxygen atoms in total. The fourth-order valence-electron chi connectivity index (χ4n) is 1.88. The van der Waals surface area contributed by atoms with Crippen LogP contribution in [0.2, 0.25) is 0 Å². The molecular formula is C11H22N2O3S. The Hall–Kier alpha value is -0.620. The number of carbonyl (C=O) groups excluding carboxylic acids is 1. The van der Waals surface area contributed by atoms with Crippen molar-refractivity contribution in [1.82, 2.24) is 10.2 Å². The van der Waals surface area contributed by atoms with Crippen LogP contribution in [0.15, 0.2) is 0 Å². The SMILES string of the molecule is CS(=O)(=O)CCNCCC(=O)N1CCCCC1. The molecule has 1 rings (SSSR count). The van der Waals surface area contributed by atoms with E-state index in [9.17, 15) is 13.2 Å². The number of hydrogen-bond donors (Lipinski definition) is 1. The van der Waals surface area contributed by atoms with Gasteiger partial charge in [0.1, 0.15) is 9.84 Å². The fraction of sp³-hybridized carbons (Fsp3) is 0.909. The fourth-order valence-corrected chi connectivity index (χ4v) is 2.39. The number of sulfone groups is 1. The van der Waals surface area contributed by atoms with Crippen LogP contribution in [0.4, 0.5) is 0 Å². The van der Waals surface area contributed by atoms with Crippen molar-refractivity contribution in [2.24, 2.45) is 0 Å². The lowest BCUT2D eigenvalue weighted by Gasteiger charge is -2.26. The highest BCUT2D eigenvalue weighted by Gasteiger charge is 2.15. The van der Waals surface area contributed by atoms with E-state index in [1.807, 2.05) is 4.90 Å². The summed E-state index contributed by atoms with van der Waals surface area (Å²) in [7, 11) is -2.90. The van der Waals surface area contributed by atoms with E-state index in [4.69, 9.17) is 0 Å². The zero-order valence-electron chi connectivity index (χ0n) is 10.4. The Labute approximate surface area is 103 Å². The summed E-state index contributed by atoms with van der Waals surface area (Å²) in [6, 6.07) is 0. The van der Waals surface area contributed by atoms with E-state index in [1.165, 1.54) is 12.7 Å². The molecule has 0 radical (unpaired) electrons. The van der Waals surface area contributed by atoms with Crippen LogP contribution >= 0.6 is 0 Å². The Bertz CT molecular complexity index is 335. The third kappa shape index (κ3) is 6.63. The van der Waals surface area contributed by atoms with Crippen LogP contribution in [-0.4, -0.2) is 57.4 Å². The minimum absolute atomic E-state index is 0.130. The summed E-state index contributed by atoms with van der Waals surface area (Å²) in [5, 5.41) is 2.99. The van der Waals surface area contributed by atoms with Crippen molar-refractivity contribution >= 4 is 15.7 Å². The monoisotopic (exact) mass is 262 g/mol. The number of piperidine rings is 1. The maximum Gasteiger partial charge on any atom is 0.223 e. The van der Waals surface area contributed by atoms with Gasteiger partial charge in [0.05, 0.1) is 5.75 Å². The predicted octanol–water partition coefficient (Wildman–Crippen LogP) is 0.0232. The molecule has 0 bridgehead atoms. The lowest BCUT2D eigenvalue weighted by molar-refractivity contribution is -0.131. The van der Waals surface area contributed by atoms with E-state index in [2.05, 4.69) is 5.32 Å². The molecule has 17 heavy (non-hydrogen) atoms. The molecule has 1 saturated heterocycles. The van der Waals surface area contributed by atoms with Gasteiger partial charge in [-0.05, 0) is 19.3 Å². The molecule has 0 aromatic heterocycles. The summed E-state index contributed by atoms with van der Waals surface area (Å²) in [6.45, 7) is 2.74. The summed E-state index contributed by atoms with van der Waals surface area (Å²) in [6.07, 6.45) is 5.11. The second-order valence-corrected chi connectivity index (χ2v) is 6.83. The van der Waals surface area contributed by atoms with Crippen LogP contribution in [0.3, 0.4) is 0 Å². The summed E-state index contributed by atoms with van der Waals surface area (Å²) < 4.78 is 21.7. The van der Waals surface area contributed by atoms with Gasteiger partial charge in [0.2, 0.25) is 5.91 Å². The average Bonchev–Trinajstić information content (AvgIpc) is 2.28. The van der Waals surface area contributed by atoms with Gasteiger partial charge in [-0.1, -0.05) is 0 Å². The van der Waals surface area contributed by atoms with Crippen molar-refractivity contribution in [3.63, 3.8) is 0 Å². The number of carbonyl (C=O) groups is 1. The average molecular weight is 262 g/mol. The van der Waals surface area contributed by atoms with Gasteiger partial charge in [0.25, 0.3) is 0 Å². The summed E-state index contributed by atoms with van der Waals surface area (Å²) in [5.74, 6) is 0.307. The number of rotatable bonds is 6. The molecule has 0 aromatic carbocycles. The zero-order chi connectivity index (χ0) is 12.7. The van der Waals surface area contributed by atoms with Crippen molar-refractivity contribution in [1.29, 1.82) is 0 Å². The molecule has 1 fully saturated rings. The predicted molar refractivity (Wildman–Crippen MR) is 67.6 cm³/mol. The van der Waals surface area contributed by atoms with Crippen LogP contribution in [0.5, 0.6) is 0 Å². The molecule has 1 aliphatic heterocycles. The first-order valence-corrected chi connectivity index (χ1v) is 8.21. The first-order chi connectivity index (χ1) is 7.99. The second kappa shape index (κ2) is 6.96. The van der Waals surface area contributed by atoms with Gasteiger partial charge in [-0.3, -0.25) is 4.79 Å². The lowest BCUT2D eigenvalue weighted by atomic mass is 10.1. The van der Waals surface area contributed by atoms with Crippen LogP contribution in [0, 0.1) is 0 Å². The molecule has 0 unspecified atom stereocenters. The van der Waals surface area contributed by atoms with E-state index in [0.717, 1.165) is 25.9 Å². The quantitative estimate of drug-likeness (QED) is 0.686. The molecule has 1 heterocycles. The minimum Gasteiger partial charge on any atom is -0.343 e. The highest BCUT2D eigenvalue weighted by atomic mass is 32.2. The standard InChI is InChI=1S/C11H22N2O3S/c1-17(15,16)10-7-12-6-5-11(14)13-8-3-2-4-9-13/h12H,2-10H2,1H3. The zero-order valence-corrected chi connectivity index (χ0v) is 11.3. The minimum atomic E-state index is -2.90. The number of hydrogen-bond acceptors (Lipinski definition) is 4. The molecule has 1 aliphatic rings. The van der Waals surface area contributed by atoms with Crippen molar-refractivity contribution in [3.8, 4) is 0 Å². The summed E-state index contributed by atoms with van der Waals surface area (Å²) >= 11 is 0. The van der Waals surface area contributed by atoms with E-state index in [-0.39, 0.29) is 11.7 Å². The van der Waals surface area contributed by atoms with Crippen LogP contribution in [0.1, 0.15) is 25.7 Å². The first-order valence-electron chi connectivity index (χ1n) is 6.15. The smallest absolute Gasteiger partial charge is 0.223 e. The van der Waals surface area contributed by atoms with Crippen molar-refractivity contribution in [3.05, 3.63) is 0 Å². The van der Waals surface area contributed by atoms with Crippen LogP contribution < -0.4 is 5.32 Å². The Balaban J connectivity index is 2.07. The molecule has 0 atom stereocenters. The summed E-state index contributed by atoms with van der Waals surface area (Å²) in [4.78, 5) is 13.6. The third-order valence-electron chi connectivity index (χ3n) is 2.87. The highest BCUT2D eigenvalue weighted by molar-refractivity contribution is 7.90. The third-order valence-corrected chi connectivity index (χ3v) is 3.82. The van der Waals surface area contributed by atoms with Crippen molar-refractivity contribution < 1.29 is 13.2 Å². The van der Waals surface area contributed by atoms with Crippen LogP contribution in [0.25, 0.3) is 0 Å². The van der Waals surface area contributed by atoms with Crippen LogP contribution in [-0.2, 0) is 14.6 Å². The van der Waals surface area contributed by atoms with Gasteiger partial charge in [0, 0.05) is 38.9 Å². The number of amides is 1. The largest absolute Gasteiger partial charge is 0.343 e. The normalized spacial score (nSPS) is 17.1. The Kier molecular flexibility index (Phi) is 5.91. The maximum absolute atomic E-state index is 11.7. The van der Waals surface area contributed by atoms with E-state index >= 15 is 0 Å². The van der Waals surface area contributed by atoms with Gasteiger partial charge in [-0.2, -0.15) is 0 Å². The van der Waals surface area contributed by atoms with Gasteiger partial charge in [-0.15, -0.1) is 0 Å². The Morgan fingerprint density at radius 2 is 1.82 bits per heavy atom. The molecule has 1 N–H and O–H groups in total. The number of nitrogens with one attached hydrogen (secondary N) is 1. The number of likely N-dealkylation sites (tertiary alicyclic amines) is 1. The lowest BCUT2D eigenvalue weighted by Crippen LogP contribution is -2.37. The Morgan fingerprint density at radius 1 is 1.18 bits per heavy atom. The Morgan fingerprint density at radius 3 is 2.41 bits per heavy atom. The van der Waals surface area contributed by atoms with Gasteiger partial charge in [-0.25, -0.2) is 8.42 Å². The molecule has 0 saturated carbocycles. The van der Waals surface area contributed by atoms with E-state index in [1.54, 1.807) is 0 Å². The molecule has 6 heteroatoms. The molecule has 0 spiro atoms. The summed E-state index contributed by atoms with van der Waals surface area (Å²) in [5.41, 5.74) is 0. The molecule has 0 aromatic rings.